The highest BCUT2D eigenvalue weighted by Crippen LogP contribution is 2.49. The van der Waals surface area contributed by atoms with Crippen LogP contribution >= 0.6 is 0 Å². The Morgan fingerprint density at radius 1 is 1.08 bits per heavy atom. The maximum absolute atomic E-state index is 17.4. The fraction of sp³-hybridized carbons (Fsp3) is 0.459. The minimum Gasteiger partial charge on any atom is -0.508 e. The van der Waals surface area contributed by atoms with Crippen molar-refractivity contribution in [1.82, 2.24) is 20.2 Å². The molecule has 4 aromatic rings. The van der Waals surface area contributed by atoms with Crippen LogP contribution in [-0.4, -0.2) is 77.3 Å². The largest absolute Gasteiger partial charge is 0.508 e. The molecule has 3 saturated heterocycles. The Balaban J connectivity index is 1.28. The van der Waals surface area contributed by atoms with Crippen LogP contribution in [0.25, 0.3) is 32.8 Å². The number of halogens is 4. The van der Waals surface area contributed by atoms with Crippen LogP contribution in [-0.2, 0) is 0 Å². The van der Waals surface area contributed by atoms with E-state index in [9.17, 15) is 13.9 Å². The molecule has 3 aliphatic heterocycles. The molecule has 1 saturated carbocycles. The van der Waals surface area contributed by atoms with Crippen LogP contribution in [0, 0.1) is 29.4 Å². The van der Waals surface area contributed by atoms with Gasteiger partial charge in [-0.2, -0.15) is 9.97 Å². The number of alkyl halides is 2. The van der Waals surface area contributed by atoms with Gasteiger partial charge in [0.25, 0.3) is 5.92 Å². The van der Waals surface area contributed by atoms with Gasteiger partial charge in [0.2, 0.25) is 0 Å². The van der Waals surface area contributed by atoms with E-state index < -0.39 is 17.6 Å². The third-order valence-electron chi connectivity index (χ3n) is 10.5. The quantitative estimate of drug-likeness (QED) is 0.163. The summed E-state index contributed by atoms with van der Waals surface area (Å²) in [6.07, 6.45) is 9.53. The summed E-state index contributed by atoms with van der Waals surface area (Å²) in [5.41, 5.74) is 0.835. The van der Waals surface area contributed by atoms with Gasteiger partial charge >= 0.3 is 6.01 Å². The Labute approximate surface area is 276 Å². The summed E-state index contributed by atoms with van der Waals surface area (Å²) in [4.78, 5) is 13.4. The van der Waals surface area contributed by atoms with E-state index in [0.717, 1.165) is 25.7 Å². The number of benzene rings is 3. The van der Waals surface area contributed by atoms with Gasteiger partial charge in [-0.1, -0.05) is 25.8 Å². The summed E-state index contributed by atoms with van der Waals surface area (Å²) in [6, 6.07) is 8.14. The fourth-order valence-electron chi connectivity index (χ4n) is 7.91. The van der Waals surface area contributed by atoms with E-state index in [-0.39, 0.29) is 77.1 Å². The molecule has 8 rings (SSSR count). The van der Waals surface area contributed by atoms with Crippen molar-refractivity contribution < 1.29 is 27.4 Å². The first-order chi connectivity index (χ1) is 22.9. The maximum Gasteiger partial charge on any atom is 0.319 e. The van der Waals surface area contributed by atoms with Gasteiger partial charge in [0.15, 0.2) is 5.82 Å². The molecule has 0 spiro atoms. The molecule has 250 valence electrons. The number of aromatic hydroxyl groups is 1. The number of hydrogen-bond donors (Lipinski definition) is 2. The van der Waals surface area contributed by atoms with E-state index in [2.05, 4.69) is 21.1 Å². The molecule has 2 atom stereocenters. The lowest BCUT2D eigenvalue weighted by Gasteiger charge is -2.40. The zero-order valence-corrected chi connectivity index (χ0v) is 26.9. The van der Waals surface area contributed by atoms with E-state index in [1.807, 2.05) is 19.9 Å². The molecule has 7 nitrogen and oxygen atoms in total. The number of anilines is 1. The Hall–Kier alpha value is -4.14. The van der Waals surface area contributed by atoms with E-state index in [1.165, 1.54) is 24.3 Å². The first-order valence-corrected chi connectivity index (χ1v) is 16.6. The van der Waals surface area contributed by atoms with Gasteiger partial charge in [0, 0.05) is 53.5 Å². The highest BCUT2D eigenvalue weighted by Gasteiger charge is 2.51. The van der Waals surface area contributed by atoms with Crippen LogP contribution in [0.3, 0.4) is 0 Å². The Morgan fingerprint density at radius 2 is 1.81 bits per heavy atom. The van der Waals surface area contributed by atoms with Crippen LogP contribution < -0.4 is 15.0 Å². The number of ether oxygens (including phenoxy) is 1. The van der Waals surface area contributed by atoms with Crippen LogP contribution in [0.4, 0.5) is 23.4 Å². The summed E-state index contributed by atoms with van der Waals surface area (Å²) in [5.74, 6) is -1.19. The number of hydrogen-bond acceptors (Lipinski definition) is 7. The average molecular weight is 660 g/mol. The highest BCUT2D eigenvalue weighted by atomic mass is 19.3. The number of nitrogens with zero attached hydrogens (tertiary/aromatic N) is 4. The van der Waals surface area contributed by atoms with Crippen LogP contribution in [0.5, 0.6) is 11.8 Å². The van der Waals surface area contributed by atoms with Crippen molar-refractivity contribution in [3.63, 3.8) is 0 Å². The maximum atomic E-state index is 17.4. The number of likely N-dealkylation sites (tertiary alicyclic amines) is 1. The number of rotatable bonds is 8. The molecular formula is C37H37F4N5O2. The van der Waals surface area contributed by atoms with Crippen LogP contribution in [0.15, 0.2) is 30.3 Å². The summed E-state index contributed by atoms with van der Waals surface area (Å²) >= 11 is 0. The second-order valence-corrected chi connectivity index (χ2v) is 14.5. The lowest BCUT2D eigenvalue weighted by molar-refractivity contribution is -0.137. The third kappa shape index (κ3) is 5.39. The van der Waals surface area contributed by atoms with Crippen molar-refractivity contribution in [3.8, 4) is 35.2 Å². The Morgan fingerprint density at radius 3 is 2.46 bits per heavy atom. The minimum atomic E-state index is -2.65. The molecule has 0 amide bonds. The Kier molecular flexibility index (Phi) is 7.27. The number of phenols is 1. The average Bonchev–Trinajstić information content (AvgIpc) is 3.72. The van der Waals surface area contributed by atoms with Crippen LogP contribution in [0.1, 0.15) is 56.6 Å². The van der Waals surface area contributed by atoms with Crippen LogP contribution in [0.2, 0.25) is 0 Å². The lowest BCUT2D eigenvalue weighted by Crippen LogP contribution is -2.57. The first-order valence-electron chi connectivity index (χ1n) is 16.6. The van der Waals surface area contributed by atoms with Gasteiger partial charge in [0.1, 0.15) is 22.9 Å². The van der Waals surface area contributed by atoms with Crippen molar-refractivity contribution in [1.29, 1.82) is 0 Å². The van der Waals surface area contributed by atoms with Gasteiger partial charge in [-0.25, -0.2) is 17.6 Å². The molecule has 4 heterocycles. The SMILES string of the molecule is C#Cc1c(F)ccc2cc(O)cc(-c3c(C(C)C)cc4c(N5CC6CCC(C5)N6)nc(OCC5(CN6CC(F)(F)C6)CC5)nc4c3F)c12. The molecule has 3 aromatic carbocycles. The first kappa shape index (κ1) is 31.1. The zero-order chi connectivity index (χ0) is 33.5. The molecule has 11 heteroatoms. The van der Waals surface area contributed by atoms with Gasteiger partial charge in [-0.15, -0.1) is 6.42 Å². The second kappa shape index (κ2) is 11.2. The number of fused-ring (bicyclic) bond motifs is 4. The van der Waals surface area contributed by atoms with Crippen molar-refractivity contribution in [2.45, 2.75) is 63.5 Å². The molecule has 1 aromatic heterocycles. The molecule has 2 unspecified atom stereocenters. The van der Waals surface area contributed by atoms with Gasteiger partial charge in [-0.05, 0) is 72.4 Å². The van der Waals surface area contributed by atoms with E-state index >= 15 is 8.78 Å². The molecule has 1 aliphatic carbocycles. The summed E-state index contributed by atoms with van der Waals surface area (Å²) in [6.45, 7) is 5.51. The summed E-state index contributed by atoms with van der Waals surface area (Å²) in [5, 5.41) is 15.7. The molecule has 0 radical (unpaired) electrons. The number of terminal acetylenes is 1. The van der Waals surface area contributed by atoms with Crippen molar-refractivity contribution in [3.05, 3.63) is 53.1 Å². The standard InChI is InChI=1S/C37H37F4N5O2/c1-4-25-29(38)8-5-21-11-24(47)12-27(30(21)25)31-26(20(2)3)13-28-33(32(31)39)43-35(44-34(28)46-14-22-6-7-23(15-46)42-22)48-19-36(9-10-36)16-45-17-37(40,41)18-45/h1,5,8,11-13,20,22-23,42,47H,6-7,9-10,14-19H2,2-3H3. The van der Waals surface area contributed by atoms with E-state index in [0.29, 0.717) is 47.2 Å². The fourth-order valence-corrected chi connectivity index (χ4v) is 7.91. The van der Waals surface area contributed by atoms with Gasteiger partial charge in [0.05, 0.1) is 25.3 Å². The van der Waals surface area contributed by atoms with Gasteiger partial charge < -0.3 is 20.1 Å². The molecule has 48 heavy (non-hydrogen) atoms. The molecule has 4 fully saturated rings. The molecular weight excluding hydrogens is 622 g/mol. The number of phenolic OH excluding ortho intramolecular Hbond substituents is 1. The predicted molar refractivity (Wildman–Crippen MR) is 177 cm³/mol. The van der Waals surface area contributed by atoms with E-state index in [1.54, 1.807) is 4.90 Å². The topological polar surface area (TPSA) is 73.8 Å². The van der Waals surface area contributed by atoms with Crippen molar-refractivity contribution >= 4 is 27.5 Å². The Bertz CT molecular complexity index is 1990. The molecule has 4 aliphatic rings. The number of aromatic nitrogens is 2. The molecule has 2 N–H and O–H groups in total. The molecule has 2 bridgehead atoms. The monoisotopic (exact) mass is 659 g/mol. The van der Waals surface area contributed by atoms with Gasteiger partial charge in [-0.3, -0.25) is 4.90 Å². The van der Waals surface area contributed by atoms with E-state index in [4.69, 9.17) is 16.1 Å². The zero-order valence-electron chi connectivity index (χ0n) is 26.9. The minimum absolute atomic E-state index is 0.0156. The van der Waals surface area contributed by atoms with Crippen molar-refractivity contribution in [2.75, 3.05) is 44.2 Å². The summed E-state index contributed by atoms with van der Waals surface area (Å²) < 4.78 is 65.7. The second-order valence-electron chi connectivity index (χ2n) is 14.5. The van der Waals surface area contributed by atoms with Crippen molar-refractivity contribution in [2.24, 2.45) is 5.41 Å². The normalized spacial score (nSPS) is 22.7. The third-order valence-corrected chi connectivity index (χ3v) is 10.5. The predicted octanol–water partition coefficient (Wildman–Crippen LogP) is 6.59. The highest BCUT2D eigenvalue weighted by molar-refractivity contribution is 6.05. The lowest BCUT2D eigenvalue weighted by atomic mass is 9.86. The number of piperazine rings is 1. The number of nitrogens with one attached hydrogen (secondary N) is 1. The summed E-state index contributed by atoms with van der Waals surface area (Å²) in [7, 11) is 0. The smallest absolute Gasteiger partial charge is 0.319 e.